The summed E-state index contributed by atoms with van der Waals surface area (Å²) in [4.78, 5) is 40.5. The van der Waals surface area contributed by atoms with Gasteiger partial charge in [0.25, 0.3) is 0 Å². The largest absolute Gasteiger partial charge is 0.481 e. The topological polar surface area (TPSA) is 138 Å². The molecule has 2 N–H and O–H groups in total. The Hall–Kier alpha value is -1.78. The van der Waals surface area contributed by atoms with Gasteiger partial charge in [0, 0.05) is 5.41 Å². The van der Waals surface area contributed by atoms with Crippen molar-refractivity contribution in [3.63, 3.8) is 0 Å². The number of allylic oxidation sites excluding steroid dienone is 2. The van der Waals surface area contributed by atoms with Crippen LogP contribution in [-0.4, -0.2) is 53.9 Å². The minimum atomic E-state index is -4.66. The number of likely N-dealkylation sites (tertiary alicyclic amines) is 1. The van der Waals surface area contributed by atoms with E-state index >= 15 is 0 Å². The van der Waals surface area contributed by atoms with Crippen LogP contribution in [0, 0.1) is 45.8 Å². The number of hydrogen-bond donors (Lipinski definition) is 2. The van der Waals surface area contributed by atoms with E-state index in [-0.39, 0.29) is 41.5 Å². The lowest BCUT2D eigenvalue weighted by Crippen LogP contribution is -2.64. The zero-order valence-corrected chi connectivity index (χ0v) is 20.6. The van der Waals surface area contributed by atoms with Crippen molar-refractivity contribution in [1.29, 1.82) is 0 Å². The summed E-state index contributed by atoms with van der Waals surface area (Å²) >= 11 is 0. The number of amides is 2. The highest BCUT2D eigenvalue weighted by molar-refractivity contribution is 7.80. The van der Waals surface area contributed by atoms with Gasteiger partial charge < -0.3 is 5.11 Å². The molecule has 3 saturated carbocycles. The van der Waals surface area contributed by atoms with Crippen molar-refractivity contribution in [2.24, 2.45) is 45.8 Å². The zero-order chi connectivity index (χ0) is 24.8. The maximum Gasteiger partial charge on any atom is 0.397 e. The molecule has 6 rings (SSSR count). The summed E-state index contributed by atoms with van der Waals surface area (Å²) in [6.07, 6.45) is 6.76. The number of fused-ring (bicyclic) bond motifs is 1. The summed E-state index contributed by atoms with van der Waals surface area (Å²) in [6.45, 7) is 5.40. The first-order chi connectivity index (χ1) is 15.8. The first-order valence-electron chi connectivity index (χ1n) is 12.2. The molecule has 0 radical (unpaired) electrons. The van der Waals surface area contributed by atoms with Crippen LogP contribution in [0.5, 0.6) is 0 Å². The van der Waals surface area contributed by atoms with Crippen LogP contribution in [0.1, 0.15) is 59.3 Å². The van der Waals surface area contributed by atoms with Gasteiger partial charge in [-0.25, -0.2) is 4.18 Å². The van der Waals surface area contributed by atoms with Crippen LogP contribution < -0.4 is 0 Å². The molecule has 0 aromatic rings. The van der Waals surface area contributed by atoms with Gasteiger partial charge in [-0.1, -0.05) is 25.0 Å². The Morgan fingerprint density at radius 1 is 1.18 bits per heavy atom. The Balaban J connectivity index is 1.52. The Labute approximate surface area is 199 Å². The summed E-state index contributed by atoms with van der Waals surface area (Å²) in [5.74, 6) is -2.31. The third-order valence-corrected chi connectivity index (χ3v) is 10.8. The van der Waals surface area contributed by atoms with Crippen molar-refractivity contribution in [2.75, 3.05) is 13.2 Å². The van der Waals surface area contributed by atoms with E-state index in [9.17, 15) is 27.9 Å². The molecular formula is C24H33NO8S. The fourth-order valence-electron chi connectivity index (χ4n) is 9.12. The molecule has 5 aliphatic carbocycles. The standard InChI is InChI=1S/C24H33NO8S/c1-13-12-24-8-5-15-22(2,6-4-7-23(15,3)21(28)29)16(24)11-14(13)17-18(24)20(27)25(19(17)26)9-10-33-34(30,31)32/h12,14-18H,4-11H2,1-3H3,(H,28,29)(H,30,31,32). The van der Waals surface area contributed by atoms with E-state index in [1.807, 2.05) is 13.8 Å². The van der Waals surface area contributed by atoms with Crippen LogP contribution in [0.15, 0.2) is 11.6 Å². The maximum absolute atomic E-state index is 13.7. The van der Waals surface area contributed by atoms with Gasteiger partial charge in [-0.05, 0) is 69.1 Å². The zero-order valence-electron chi connectivity index (χ0n) is 19.8. The fraction of sp³-hybridized carbons (Fsp3) is 0.792. The molecular weight excluding hydrogens is 462 g/mol. The van der Waals surface area contributed by atoms with Crippen molar-refractivity contribution < 1.29 is 36.6 Å². The van der Waals surface area contributed by atoms with Crippen LogP contribution in [0.3, 0.4) is 0 Å². The average molecular weight is 496 g/mol. The average Bonchev–Trinajstić information content (AvgIpc) is 2.99. The lowest BCUT2D eigenvalue weighted by molar-refractivity contribution is -0.194. The van der Waals surface area contributed by atoms with E-state index in [2.05, 4.69) is 17.2 Å². The molecule has 1 saturated heterocycles. The second-order valence-electron chi connectivity index (χ2n) is 11.7. The normalized spacial score (nSPS) is 45.5. The van der Waals surface area contributed by atoms with Gasteiger partial charge >= 0.3 is 16.4 Å². The first-order valence-corrected chi connectivity index (χ1v) is 13.5. The summed E-state index contributed by atoms with van der Waals surface area (Å²) in [5, 5.41) is 10.1. The molecule has 1 heterocycles. The van der Waals surface area contributed by atoms with Crippen molar-refractivity contribution in [1.82, 2.24) is 4.90 Å². The number of hydrogen-bond acceptors (Lipinski definition) is 6. The predicted octanol–water partition coefficient (Wildman–Crippen LogP) is 2.68. The monoisotopic (exact) mass is 495 g/mol. The molecule has 34 heavy (non-hydrogen) atoms. The van der Waals surface area contributed by atoms with E-state index in [0.29, 0.717) is 19.3 Å². The van der Waals surface area contributed by atoms with Crippen LogP contribution in [0.25, 0.3) is 0 Å². The molecule has 4 fully saturated rings. The highest BCUT2D eigenvalue weighted by Crippen LogP contribution is 2.74. The SMILES string of the molecule is CC1=CC23CCC4C(C)(C(=O)O)CCCC4(C)C2CC1C1C(=O)N(CCOS(=O)(=O)O)C(=O)C13. The molecule has 8 unspecified atom stereocenters. The van der Waals surface area contributed by atoms with Crippen LogP contribution in [-0.2, 0) is 29.0 Å². The van der Waals surface area contributed by atoms with Gasteiger partial charge in [0.15, 0.2) is 0 Å². The number of nitrogens with zero attached hydrogens (tertiary/aromatic N) is 1. The third kappa shape index (κ3) is 3.03. The van der Waals surface area contributed by atoms with Gasteiger partial charge in [-0.2, -0.15) is 8.42 Å². The summed E-state index contributed by atoms with van der Waals surface area (Å²) in [5.41, 5.74) is -0.419. The van der Waals surface area contributed by atoms with Crippen molar-refractivity contribution in [2.45, 2.75) is 59.3 Å². The lowest BCUT2D eigenvalue weighted by atomic mass is 9.35. The molecule has 188 valence electrons. The Bertz CT molecular complexity index is 1100. The molecule has 9 nitrogen and oxygen atoms in total. The van der Waals surface area contributed by atoms with Gasteiger partial charge in [0.05, 0.1) is 30.4 Å². The molecule has 10 heteroatoms. The van der Waals surface area contributed by atoms with E-state index in [0.717, 1.165) is 29.7 Å². The molecule has 0 aromatic carbocycles. The first kappa shape index (κ1) is 23.9. The number of carboxylic acid groups (broad SMARTS) is 1. The second-order valence-corrected chi connectivity index (χ2v) is 12.7. The van der Waals surface area contributed by atoms with Gasteiger partial charge in [0.1, 0.15) is 0 Å². The highest BCUT2D eigenvalue weighted by Gasteiger charge is 2.72. The summed E-state index contributed by atoms with van der Waals surface area (Å²) in [6, 6.07) is 0. The number of rotatable bonds is 5. The smallest absolute Gasteiger partial charge is 0.397 e. The molecule has 1 spiro atoms. The van der Waals surface area contributed by atoms with Crippen molar-refractivity contribution in [3.05, 3.63) is 11.6 Å². The predicted molar refractivity (Wildman–Crippen MR) is 119 cm³/mol. The number of aliphatic carboxylic acids is 1. The molecule has 1 aliphatic heterocycles. The summed E-state index contributed by atoms with van der Waals surface area (Å²) < 4.78 is 35.1. The molecule has 2 amide bonds. The fourth-order valence-corrected chi connectivity index (χ4v) is 9.40. The quantitative estimate of drug-likeness (QED) is 0.337. The van der Waals surface area contributed by atoms with E-state index < -0.39 is 45.6 Å². The second kappa shape index (κ2) is 7.36. The van der Waals surface area contributed by atoms with E-state index in [1.165, 1.54) is 0 Å². The van der Waals surface area contributed by atoms with Crippen LogP contribution in [0.4, 0.5) is 0 Å². The van der Waals surface area contributed by atoms with E-state index in [4.69, 9.17) is 4.55 Å². The summed E-state index contributed by atoms with van der Waals surface area (Å²) in [7, 11) is -4.66. The Morgan fingerprint density at radius 3 is 2.53 bits per heavy atom. The lowest BCUT2D eigenvalue weighted by Gasteiger charge is -2.68. The van der Waals surface area contributed by atoms with Crippen molar-refractivity contribution in [3.8, 4) is 0 Å². The number of carbonyl (C=O) groups excluding carboxylic acids is 2. The third-order valence-electron chi connectivity index (χ3n) is 10.3. The molecule has 2 bridgehead atoms. The van der Waals surface area contributed by atoms with Gasteiger partial charge in [-0.3, -0.25) is 23.8 Å². The molecule has 6 aliphatic rings. The van der Waals surface area contributed by atoms with E-state index in [1.54, 1.807) is 0 Å². The minimum absolute atomic E-state index is 0.0138. The molecule has 8 atom stereocenters. The number of imide groups is 1. The van der Waals surface area contributed by atoms with Gasteiger partial charge in [0.2, 0.25) is 11.8 Å². The van der Waals surface area contributed by atoms with Crippen LogP contribution in [0.2, 0.25) is 0 Å². The van der Waals surface area contributed by atoms with Crippen molar-refractivity contribution >= 4 is 28.2 Å². The number of carboxylic acids is 1. The number of carbonyl (C=O) groups is 3. The minimum Gasteiger partial charge on any atom is -0.481 e. The Morgan fingerprint density at radius 2 is 1.88 bits per heavy atom. The van der Waals surface area contributed by atoms with Gasteiger partial charge in [-0.15, -0.1) is 0 Å². The maximum atomic E-state index is 13.7. The molecule has 0 aromatic heterocycles. The van der Waals surface area contributed by atoms with Crippen LogP contribution >= 0.6 is 0 Å². The highest BCUT2D eigenvalue weighted by atomic mass is 32.3. The Kier molecular flexibility index (Phi) is 5.19.